The van der Waals surface area contributed by atoms with Crippen LogP contribution in [0, 0.1) is 0 Å². The molecule has 96 valence electrons. The van der Waals surface area contributed by atoms with Crippen LogP contribution in [0.4, 0.5) is 0 Å². The molecule has 0 amide bonds. The van der Waals surface area contributed by atoms with Crippen LogP contribution in [0.3, 0.4) is 0 Å². The van der Waals surface area contributed by atoms with Crippen LogP contribution in [0.15, 0.2) is 23.2 Å². The molecule has 1 unspecified atom stereocenters. The van der Waals surface area contributed by atoms with Crippen molar-refractivity contribution in [3.05, 3.63) is 24.0 Å². The number of pyridine rings is 1. The van der Waals surface area contributed by atoms with Crippen molar-refractivity contribution in [2.24, 2.45) is 0 Å². The fourth-order valence-corrected chi connectivity index (χ4v) is 2.48. The standard InChI is InChI=1S/C14H24N2S/c1-6-9-15-11(2)13-8-7-12(10-16-13)17-14(3,4)5/h7-8,10-11,15H,6,9H2,1-5H3. The molecule has 0 radical (unpaired) electrons. The van der Waals surface area contributed by atoms with Gasteiger partial charge in [-0.3, -0.25) is 4.98 Å². The summed E-state index contributed by atoms with van der Waals surface area (Å²) in [4.78, 5) is 5.77. The Morgan fingerprint density at radius 1 is 1.35 bits per heavy atom. The molecule has 0 aliphatic carbocycles. The normalized spacial score (nSPS) is 13.7. The van der Waals surface area contributed by atoms with Gasteiger partial charge in [0.2, 0.25) is 0 Å². The van der Waals surface area contributed by atoms with Crippen molar-refractivity contribution in [3.63, 3.8) is 0 Å². The third-order valence-electron chi connectivity index (χ3n) is 2.33. The smallest absolute Gasteiger partial charge is 0.0571 e. The molecule has 2 nitrogen and oxygen atoms in total. The monoisotopic (exact) mass is 252 g/mol. The minimum absolute atomic E-state index is 0.245. The molecule has 0 aromatic carbocycles. The van der Waals surface area contributed by atoms with Crippen LogP contribution in [0.5, 0.6) is 0 Å². The minimum atomic E-state index is 0.245. The largest absolute Gasteiger partial charge is 0.309 e. The molecule has 1 aromatic rings. The number of aromatic nitrogens is 1. The lowest BCUT2D eigenvalue weighted by atomic mass is 10.2. The van der Waals surface area contributed by atoms with Crippen LogP contribution in [-0.2, 0) is 0 Å². The van der Waals surface area contributed by atoms with Gasteiger partial charge in [0.05, 0.1) is 5.69 Å². The Labute approximate surface area is 110 Å². The molecule has 0 aliphatic rings. The molecular formula is C14H24N2S. The molecular weight excluding hydrogens is 228 g/mol. The summed E-state index contributed by atoms with van der Waals surface area (Å²) in [6.45, 7) is 12.0. The van der Waals surface area contributed by atoms with Crippen LogP contribution in [0.25, 0.3) is 0 Å². The number of hydrogen-bond acceptors (Lipinski definition) is 3. The molecule has 1 heterocycles. The first kappa shape index (κ1) is 14.5. The average molecular weight is 252 g/mol. The molecule has 1 N–H and O–H groups in total. The van der Waals surface area contributed by atoms with Gasteiger partial charge in [0, 0.05) is 21.9 Å². The number of rotatable bonds is 5. The fourth-order valence-electron chi connectivity index (χ4n) is 1.53. The first-order chi connectivity index (χ1) is 7.92. The van der Waals surface area contributed by atoms with Gasteiger partial charge < -0.3 is 5.32 Å². The zero-order valence-electron chi connectivity index (χ0n) is 11.6. The maximum Gasteiger partial charge on any atom is 0.0571 e. The molecule has 0 saturated carbocycles. The Kier molecular flexibility index (Phi) is 5.47. The lowest BCUT2D eigenvalue weighted by molar-refractivity contribution is 0.558. The predicted molar refractivity (Wildman–Crippen MR) is 76.6 cm³/mol. The van der Waals surface area contributed by atoms with Crippen LogP contribution in [0.1, 0.15) is 52.8 Å². The second-order valence-corrected chi connectivity index (χ2v) is 7.21. The van der Waals surface area contributed by atoms with Crippen molar-refractivity contribution < 1.29 is 0 Å². The number of nitrogens with zero attached hydrogens (tertiary/aromatic N) is 1. The van der Waals surface area contributed by atoms with Gasteiger partial charge in [-0.2, -0.15) is 0 Å². The van der Waals surface area contributed by atoms with Gasteiger partial charge in [-0.05, 0) is 32.0 Å². The molecule has 0 aliphatic heterocycles. The van der Waals surface area contributed by atoms with Gasteiger partial charge in [-0.25, -0.2) is 0 Å². The zero-order chi connectivity index (χ0) is 12.9. The summed E-state index contributed by atoms with van der Waals surface area (Å²) in [5.41, 5.74) is 1.12. The summed E-state index contributed by atoms with van der Waals surface area (Å²) >= 11 is 1.86. The van der Waals surface area contributed by atoms with Crippen molar-refractivity contribution in [2.45, 2.75) is 56.7 Å². The highest BCUT2D eigenvalue weighted by molar-refractivity contribution is 8.00. The van der Waals surface area contributed by atoms with Gasteiger partial charge in [-0.1, -0.05) is 27.7 Å². The first-order valence-electron chi connectivity index (χ1n) is 6.30. The molecule has 0 saturated heterocycles. The summed E-state index contributed by atoms with van der Waals surface area (Å²) in [5.74, 6) is 0. The van der Waals surface area contributed by atoms with E-state index in [1.165, 1.54) is 4.90 Å². The Balaban J connectivity index is 2.61. The summed E-state index contributed by atoms with van der Waals surface area (Å²) < 4.78 is 0.245. The van der Waals surface area contributed by atoms with E-state index in [2.05, 4.69) is 57.1 Å². The van der Waals surface area contributed by atoms with Gasteiger partial charge in [0.1, 0.15) is 0 Å². The number of hydrogen-bond donors (Lipinski definition) is 1. The Hall–Kier alpha value is -0.540. The molecule has 1 aromatic heterocycles. The number of nitrogens with one attached hydrogen (secondary N) is 1. The molecule has 0 fully saturated rings. The van der Waals surface area contributed by atoms with Crippen molar-refractivity contribution >= 4 is 11.8 Å². The maximum atomic E-state index is 4.53. The summed E-state index contributed by atoms with van der Waals surface area (Å²) in [7, 11) is 0. The van der Waals surface area contributed by atoms with Gasteiger partial charge in [0.15, 0.2) is 0 Å². The maximum absolute atomic E-state index is 4.53. The summed E-state index contributed by atoms with van der Waals surface area (Å²) in [6, 6.07) is 4.63. The SMILES string of the molecule is CCCNC(C)c1ccc(SC(C)(C)C)cn1. The zero-order valence-corrected chi connectivity index (χ0v) is 12.4. The van der Waals surface area contributed by atoms with E-state index in [4.69, 9.17) is 0 Å². The quantitative estimate of drug-likeness (QED) is 0.801. The Morgan fingerprint density at radius 3 is 2.53 bits per heavy atom. The van der Waals surface area contributed by atoms with E-state index in [-0.39, 0.29) is 4.75 Å². The molecule has 0 spiro atoms. The lowest BCUT2D eigenvalue weighted by Crippen LogP contribution is -2.20. The Bertz CT molecular complexity index is 327. The van der Waals surface area contributed by atoms with Crippen molar-refractivity contribution in [1.82, 2.24) is 10.3 Å². The van der Waals surface area contributed by atoms with Gasteiger partial charge >= 0.3 is 0 Å². The van der Waals surface area contributed by atoms with Gasteiger partial charge in [-0.15, -0.1) is 11.8 Å². The predicted octanol–water partition coefficient (Wildman–Crippen LogP) is 4.03. The third-order valence-corrected chi connectivity index (χ3v) is 3.42. The summed E-state index contributed by atoms with van der Waals surface area (Å²) in [5, 5.41) is 3.45. The second kappa shape index (κ2) is 6.41. The highest BCUT2D eigenvalue weighted by Crippen LogP contribution is 2.31. The topological polar surface area (TPSA) is 24.9 Å². The molecule has 17 heavy (non-hydrogen) atoms. The van der Waals surface area contributed by atoms with E-state index in [1.54, 1.807) is 0 Å². The molecule has 1 atom stereocenters. The van der Waals surface area contributed by atoms with Crippen molar-refractivity contribution in [2.75, 3.05) is 6.54 Å². The van der Waals surface area contributed by atoms with E-state index in [0.717, 1.165) is 18.7 Å². The Morgan fingerprint density at radius 2 is 2.06 bits per heavy atom. The van der Waals surface area contributed by atoms with Crippen LogP contribution >= 0.6 is 11.8 Å². The molecule has 0 bridgehead atoms. The minimum Gasteiger partial charge on any atom is -0.309 e. The molecule has 3 heteroatoms. The highest BCUT2D eigenvalue weighted by atomic mass is 32.2. The van der Waals surface area contributed by atoms with E-state index in [1.807, 2.05) is 18.0 Å². The summed E-state index contributed by atoms with van der Waals surface area (Å²) in [6.07, 6.45) is 3.14. The van der Waals surface area contributed by atoms with Crippen LogP contribution < -0.4 is 5.32 Å². The average Bonchev–Trinajstić information content (AvgIpc) is 2.24. The van der Waals surface area contributed by atoms with E-state index < -0.39 is 0 Å². The number of thioether (sulfide) groups is 1. The van der Waals surface area contributed by atoms with E-state index in [9.17, 15) is 0 Å². The van der Waals surface area contributed by atoms with E-state index >= 15 is 0 Å². The third kappa shape index (κ3) is 5.55. The highest BCUT2D eigenvalue weighted by Gasteiger charge is 2.12. The van der Waals surface area contributed by atoms with Crippen LogP contribution in [0.2, 0.25) is 0 Å². The van der Waals surface area contributed by atoms with Crippen LogP contribution in [-0.4, -0.2) is 16.3 Å². The van der Waals surface area contributed by atoms with Crippen molar-refractivity contribution in [3.8, 4) is 0 Å². The fraction of sp³-hybridized carbons (Fsp3) is 0.643. The second-order valence-electron chi connectivity index (χ2n) is 5.31. The first-order valence-corrected chi connectivity index (χ1v) is 7.12. The van der Waals surface area contributed by atoms with E-state index in [0.29, 0.717) is 6.04 Å². The van der Waals surface area contributed by atoms with Gasteiger partial charge in [0.25, 0.3) is 0 Å². The molecule has 1 rings (SSSR count). The lowest BCUT2D eigenvalue weighted by Gasteiger charge is -2.18. The van der Waals surface area contributed by atoms with Crippen molar-refractivity contribution in [1.29, 1.82) is 0 Å².